The Morgan fingerprint density at radius 2 is 1.70 bits per heavy atom. The molecule has 1 aliphatic rings. The van der Waals surface area contributed by atoms with E-state index in [1.807, 2.05) is 39.0 Å². The first kappa shape index (κ1) is 14.6. The summed E-state index contributed by atoms with van der Waals surface area (Å²) in [5.41, 5.74) is 0.996. The van der Waals surface area contributed by atoms with E-state index in [0.29, 0.717) is 5.69 Å². The predicted octanol–water partition coefficient (Wildman–Crippen LogP) is 3.41. The molecule has 0 atom stereocenters. The lowest BCUT2D eigenvalue weighted by Crippen LogP contribution is -2.28. The first-order chi connectivity index (χ1) is 9.36. The maximum Gasteiger partial charge on any atom is 0.229 e. The molecular formula is C16H22N2O2. The third-order valence-electron chi connectivity index (χ3n) is 3.55. The van der Waals surface area contributed by atoms with Crippen LogP contribution in [0.5, 0.6) is 0 Å². The number of hydrogen-bond acceptors (Lipinski definition) is 2. The average molecular weight is 274 g/mol. The van der Waals surface area contributed by atoms with Crippen LogP contribution < -0.4 is 10.6 Å². The largest absolute Gasteiger partial charge is 0.326 e. The van der Waals surface area contributed by atoms with Crippen LogP contribution in [0.25, 0.3) is 0 Å². The molecule has 1 aliphatic carbocycles. The first-order valence-electron chi connectivity index (χ1n) is 7.08. The van der Waals surface area contributed by atoms with E-state index >= 15 is 0 Å². The Hall–Kier alpha value is -1.84. The fraction of sp³-hybridized carbons (Fsp3) is 0.500. The highest BCUT2D eigenvalue weighted by Crippen LogP contribution is 2.28. The molecule has 0 aromatic heterocycles. The lowest BCUT2D eigenvalue weighted by molar-refractivity contribution is -0.123. The number of nitrogens with one attached hydrogen (secondary N) is 2. The zero-order valence-electron chi connectivity index (χ0n) is 12.3. The molecule has 1 saturated carbocycles. The number of amides is 2. The summed E-state index contributed by atoms with van der Waals surface area (Å²) >= 11 is 0. The van der Waals surface area contributed by atoms with Gasteiger partial charge in [0, 0.05) is 22.7 Å². The third kappa shape index (κ3) is 3.59. The SMILES string of the molecule is CC(C)(C)C(=O)Nc1cccc(NC(=O)C2CCC2)c1. The summed E-state index contributed by atoms with van der Waals surface area (Å²) in [6.45, 7) is 5.60. The smallest absolute Gasteiger partial charge is 0.229 e. The standard InChI is InChI=1S/C16H22N2O2/c1-16(2,3)15(20)18-13-9-5-8-12(10-13)17-14(19)11-6-4-7-11/h5,8-11H,4,6-7H2,1-3H3,(H,17,19)(H,18,20). The summed E-state index contributed by atoms with van der Waals surface area (Å²) in [6.07, 6.45) is 3.10. The summed E-state index contributed by atoms with van der Waals surface area (Å²) in [4.78, 5) is 23.8. The highest BCUT2D eigenvalue weighted by Gasteiger charge is 2.25. The molecule has 1 aromatic rings. The molecule has 2 rings (SSSR count). The van der Waals surface area contributed by atoms with Gasteiger partial charge in [-0.15, -0.1) is 0 Å². The molecule has 0 saturated heterocycles. The Kier molecular flexibility index (Phi) is 4.12. The number of anilines is 2. The van der Waals surface area contributed by atoms with Crippen LogP contribution in [-0.4, -0.2) is 11.8 Å². The monoisotopic (exact) mass is 274 g/mol. The minimum absolute atomic E-state index is 0.0417. The third-order valence-corrected chi connectivity index (χ3v) is 3.55. The van der Waals surface area contributed by atoms with E-state index in [2.05, 4.69) is 10.6 Å². The fourth-order valence-corrected chi connectivity index (χ4v) is 1.91. The number of carbonyl (C=O) groups excluding carboxylic acids is 2. The Morgan fingerprint density at radius 1 is 1.10 bits per heavy atom. The van der Waals surface area contributed by atoms with Crippen LogP contribution in [0.4, 0.5) is 11.4 Å². The highest BCUT2D eigenvalue weighted by atomic mass is 16.2. The Bertz CT molecular complexity index is 513. The minimum Gasteiger partial charge on any atom is -0.326 e. The highest BCUT2D eigenvalue weighted by molar-refractivity contribution is 5.96. The van der Waals surface area contributed by atoms with Crippen LogP contribution in [0, 0.1) is 11.3 Å². The zero-order valence-corrected chi connectivity index (χ0v) is 12.3. The quantitative estimate of drug-likeness (QED) is 0.887. The maximum absolute atomic E-state index is 11.9. The van der Waals surface area contributed by atoms with Gasteiger partial charge in [-0.05, 0) is 31.0 Å². The molecule has 0 radical (unpaired) electrons. The molecule has 108 valence electrons. The van der Waals surface area contributed by atoms with Gasteiger partial charge in [0.15, 0.2) is 0 Å². The van der Waals surface area contributed by atoms with Gasteiger partial charge < -0.3 is 10.6 Å². The van der Waals surface area contributed by atoms with Gasteiger partial charge >= 0.3 is 0 Å². The van der Waals surface area contributed by atoms with Crippen molar-refractivity contribution in [2.24, 2.45) is 11.3 Å². The van der Waals surface area contributed by atoms with Crippen molar-refractivity contribution in [2.75, 3.05) is 10.6 Å². The molecule has 0 unspecified atom stereocenters. The molecular weight excluding hydrogens is 252 g/mol. The number of carbonyl (C=O) groups is 2. The minimum atomic E-state index is -0.439. The lowest BCUT2D eigenvalue weighted by atomic mass is 9.85. The van der Waals surface area contributed by atoms with Crippen LogP contribution in [-0.2, 0) is 9.59 Å². The van der Waals surface area contributed by atoms with Crippen LogP contribution in [0.2, 0.25) is 0 Å². The Labute approximate surface area is 119 Å². The Morgan fingerprint density at radius 3 is 2.20 bits per heavy atom. The number of benzene rings is 1. The van der Waals surface area contributed by atoms with E-state index in [-0.39, 0.29) is 17.7 Å². The molecule has 0 aliphatic heterocycles. The second-order valence-corrected chi connectivity index (χ2v) is 6.40. The van der Waals surface area contributed by atoms with Gasteiger partial charge in [0.25, 0.3) is 0 Å². The molecule has 0 spiro atoms. The summed E-state index contributed by atoms with van der Waals surface area (Å²) < 4.78 is 0. The van der Waals surface area contributed by atoms with Crippen LogP contribution in [0.1, 0.15) is 40.0 Å². The fourth-order valence-electron chi connectivity index (χ4n) is 1.91. The van der Waals surface area contributed by atoms with Crippen molar-refractivity contribution >= 4 is 23.2 Å². The van der Waals surface area contributed by atoms with E-state index in [4.69, 9.17) is 0 Å². The topological polar surface area (TPSA) is 58.2 Å². The van der Waals surface area contributed by atoms with Gasteiger partial charge in [-0.1, -0.05) is 33.3 Å². The van der Waals surface area contributed by atoms with Crippen LogP contribution in [0.15, 0.2) is 24.3 Å². The number of rotatable bonds is 3. The van der Waals surface area contributed by atoms with Crippen molar-refractivity contribution < 1.29 is 9.59 Å². The molecule has 2 amide bonds. The first-order valence-corrected chi connectivity index (χ1v) is 7.08. The maximum atomic E-state index is 11.9. The van der Waals surface area contributed by atoms with Gasteiger partial charge in [0.2, 0.25) is 11.8 Å². The summed E-state index contributed by atoms with van der Waals surface area (Å²) in [5.74, 6) is 0.193. The van der Waals surface area contributed by atoms with Crippen LogP contribution in [0.3, 0.4) is 0 Å². The second-order valence-electron chi connectivity index (χ2n) is 6.40. The van der Waals surface area contributed by atoms with E-state index in [1.165, 1.54) is 0 Å². The molecule has 4 nitrogen and oxygen atoms in total. The summed E-state index contributed by atoms with van der Waals surface area (Å²) in [5, 5.41) is 5.77. The van der Waals surface area contributed by atoms with Crippen molar-refractivity contribution in [1.82, 2.24) is 0 Å². The molecule has 0 bridgehead atoms. The normalized spacial score (nSPS) is 15.3. The van der Waals surface area contributed by atoms with Gasteiger partial charge in [-0.25, -0.2) is 0 Å². The average Bonchev–Trinajstić information content (AvgIpc) is 2.25. The van der Waals surface area contributed by atoms with E-state index in [1.54, 1.807) is 6.07 Å². The van der Waals surface area contributed by atoms with Crippen LogP contribution >= 0.6 is 0 Å². The van der Waals surface area contributed by atoms with Crippen molar-refractivity contribution in [1.29, 1.82) is 0 Å². The lowest BCUT2D eigenvalue weighted by Gasteiger charge is -2.24. The number of hydrogen-bond donors (Lipinski definition) is 2. The van der Waals surface area contributed by atoms with E-state index in [0.717, 1.165) is 24.9 Å². The van der Waals surface area contributed by atoms with Crippen molar-refractivity contribution in [3.05, 3.63) is 24.3 Å². The molecule has 1 aromatic carbocycles. The van der Waals surface area contributed by atoms with E-state index < -0.39 is 5.41 Å². The molecule has 2 N–H and O–H groups in total. The van der Waals surface area contributed by atoms with Gasteiger partial charge in [-0.2, -0.15) is 0 Å². The summed E-state index contributed by atoms with van der Waals surface area (Å²) in [6, 6.07) is 7.28. The van der Waals surface area contributed by atoms with Gasteiger partial charge in [0.05, 0.1) is 0 Å². The van der Waals surface area contributed by atoms with Gasteiger partial charge in [-0.3, -0.25) is 9.59 Å². The zero-order chi connectivity index (χ0) is 14.8. The molecule has 4 heteroatoms. The second kappa shape index (κ2) is 5.65. The van der Waals surface area contributed by atoms with Gasteiger partial charge in [0.1, 0.15) is 0 Å². The van der Waals surface area contributed by atoms with Crippen molar-refractivity contribution in [3.63, 3.8) is 0 Å². The summed E-state index contributed by atoms with van der Waals surface area (Å²) in [7, 11) is 0. The molecule has 0 heterocycles. The molecule has 20 heavy (non-hydrogen) atoms. The van der Waals surface area contributed by atoms with Crippen molar-refractivity contribution in [2.45, 2.75) is 40.0 Å². The molecule has 1 fully saturated rings. The van der Waals surface area contributed by atoms with E-state index in [9.17, 15) is 9.59 Å². The Balaban J connectivity index is 2.00. The van der Waals surface area contributed by atoms with Crippen molar-refractivity contribution in [3.8, 4) is 0 Å². The predicted molar refractivity (Wildman–Crippen MR) is 80.5 cm³/mol.